The monoisotopic (exact) mass is 224 g/mol. The molecule has 0 amide bonds. The summed E-state index contributed by atoms with van der Waals surface area (Å²) in [4.78, 5) is 12.3. The van der Waals surface area contributed by atoms with Crippen LogP contribution in [0.4, 0.5) is 11.4 Å². The SMILES string of the molecule is CCOCCN(C)c1ccccc1[N+](=O)[O-]. The molecule has 0 unspecified atom stereocenters. The number of hydrogen-bond donors (Lipinski definition) is 0. The molecule has 0 aliphatic heterocycles. The van der Waals surface area contributed by atoms with E-state index in [0.717, 1.165) is 0 Å². The van der Waals surface area contributed by atoms with Crippen molar-refractivity contribution in [1.82, 2.24) is 0 Å². The van der Waals surface area contributed by atoms with E-state index in [1.165, 1.54) is 6.07 Å². The minimum atomic E-state index is -0.369. The van der Waals surface area contributed by atoms with Crippen molar-refractivity contribution >= 4 is 11.4 Å². The molecule has 0 spiro atoms. The Morgan fingerprint density at radius 2 is 2.12 bits per heavy atom. The topological polar surface area (TPSA) is 55.6 Å². The van der Waals surface area contributed by atoms with E-state index in [2.05, 4.69) is 0 Å². The molecule has 0 heterocycles. The quantitative estimate of drug-likeness (QED) is 0.421. The van der Waals surface area contributed by atoms with Gasteiger partial charge in [-0.3, -0.25) is 10.1 Å². The van der Waals surface area contributed by atoms with Crippen LogP contribution in [0.25, 0.3) is 0 Å². The van der Waals surface area contributed by atoms with Crippen molar-refractivity contribution in [3.8, 4) is 0 Å². The molecule has 0 saturated heterocycles. The molecule has 1 aromatic carbocycles. The van der Waals surface area contributed by atoms with Gasteiger partial charge in [-0.25, -0.2) is 0 Å². The van der Waals surface area contributed by atoms with E-state index in [0.29, 0.717) is 25.4 Å². The number of likely N-dealkylation sites (N-methyl/N-ethyl adjacent to an activating group) is 1. The summed E-state index contributed by atoms with van der Waals surface area (Å²) in [5, 5.41) is 10.8. The average Bonchev–Trinajstić information content (AvgIpc) is 2.29. The first-order valence-electron chi connectivity index (χ1n) is 5.19. The van der Waals surface area contributed by atoms with Crippen molar-refractivity contribution in [2.24, 2.45) is 0 Å². The third-order valence-corrected chi connectivity index (χ3v) is 2.26. The number of benzene rings is 1. The zero-order valence-electron chi connectivity index (χ0n) is 9.55. The van der Waals surface area contributed by atoms with Gasteiger partial charge >= 0.3 is 0 Å². The molecule has 1 rings (SSSR count). The van der Waals surface area contributed by atoms with Crippen molar-refractivity contribution in [3.63, 3.8) is 0 Å². The zero-order valence-corrected chi connectivity index (χ0v) is 9.55. The molecule has 0 aliphatic carbocycles. The summed E-state index contributed by atoms with van der Waals surface area (Å²) in [5.74, 6) is 0. The summed E-state index contributed by atoms with van der Waals surface area (Å²) in [6.07, 6.45) is 0. The van der Waals surface area contributed by atoms with Crippen LogP contribution in [-0.4, -0.2) is 31.7 Å². The smallest absolute Gasteiger partial charge is 0.292 e. The lowest BCUT2D eigenvalue weighted by Crippen LogP contribution is -2.23. The first-order valence-corrected chi connectivity index (χ1v) is 5.19. The van der Waals surface area contributed by atoms with Gasteiger partial charge in [0.25, 0.3) is 5.69 Å². The van der Waals surface area contributed by atoms with Crippen LogP contribution < -0.4 is 4.90 Å². The normalized spacial score (nSPS) is 10.1. The van der Waals surface area contributed by atoms with Gasteiger partial charge in [0.15, 0.2) is 0 Å². The Bertz CT molecular complexity index is 355. The summed E-state index contributed by atoms with van der Waals surface area (Å²) < 4.78 is 5.21. The Kier molecular flexibility index (Phi) is 4.72. The highest BCUT2D eigenvalue weighted by Gasteiger charge is 2.15. The fourth-order valence-electron chi connectivity index (χ4n) is 1.41. The Balaban J connectivity index is 2.74. The molecule has 0 aromatic heterocycles. The molecule has 0 radical (unpaired) electrons. The van der Waals surface area contributed by atoms with Gasteiger partial charge in [0, 0.05) is 26.3 Å². The molecule has 5 nitrogen and oxygen atoms in total. The molecule has 16 heavy (non-hydrogen) atoms. The lowest BCUT2D eigenvalue weighted by molar-refractivity contribution is -0.384. The molecule has 88 valence electrons. The van der Waals surface area contributed by atoms with Crippen LogP contribution in [0.15, 0.2) is 24.3 Å². The number of para-hydroxylation sites is 2. The van der Waals surface area contributed by atoms with Crippen LogP contribution >= 0.6 is 0 Å². The Hall–Kier alpha value is -1.62. The highest BCUT2D eigenvalue weighted by Crippen LogP contribution is 2.26. The first-order chi connectivity index (χ1) is 7.66. The van der Waals surface area contributed by atoms with Crippen LogP contribution in [0.2, 0.25) is 0 Å². The predicted octanol–water partition coefficient (Wildman–Crippen LogP) is 2.07. The van der Waals surface area contributed by atoms with Crippen LogP contribution in [0.1, 0.15) is 6.92 Å². The van der Waals surface area contributed by atoms with E-state index in [1.54, 1.807) is 18.2 Å². The molecule has 0 fully saturated rings. The summed E-state index contributed by atoms with van der Waals surface area (Å²) >= 11 is 0. The fraction of sp³-hybridized carbons (Fsp3) is 0.455. The van der Waals surface area contributed by atoms with Crippen molar-refractivity contribution in [1.29, 1.82) is 0 Å². The summed E-state index contributed by atoms with van der Waals surface area (Å²) in [7, 11) is 1.82. The predicted molar refractivity (Wildman–Crippen MR) is 62.9 cm³/mol. The fourth-order valence-corrected chi connectivity index (χ4v) is 1.41. The molecule has 0 atom stereocenters. The largest absolute Gasteiger partial charge is 0.380 e. The maximum Gasteiger partial charge on any atom is 0.292 e. The van der Waals surface area contributed by atoms with Gasteiger partial charge in [0.1, 0.15) is 5.69 Å². The standard InChI is InChI=1S/C11H16N2O3/c1-3-16-9-8-12(2)10-6-4-5-7-11(10)13(14)15/h4-7H,3,8-9H2,1-2H3. The van der Waals surface area contributed by atoms with Crippen molar-refractivity contribution in [2.75, 3.05) is 31.7 Å². The molecule has 1 aromatic rings. The Labute approximate surface area is 94.8 Å². The van der Waals surface area contributed by atoms with E-state index in [9.17, 15) is 10.1 Å². The molecular formula is C11H16N2O3. The Morgan fingerprint density at radius 3 is 2.75 bits per heavy atom. The van der Waals surface area contributed by atoms with E-state index < -0.39 is 0 Å². The van der Waals surface area contributed by atoms with E-state index in [4.69, 9.17) is 4.74 Å². The summed E-state index contributed by atoms with van der Waals surface area (Å²) in [5.41, 5.74) is 0.744. The highest BCUT2D eigenvalue weighted by molar-refractivity contribution is 5.62. The van der Waals surface area contributed by atoms with Crippen LogP contribution in [0.5, 0.6) is 0 Å². The third kappa shape index (κ3) is 3.20. The van der Waals surface area contributed by atoms with E-state index in [1.807, 2.05) is 18.9 Å². The Morgan fingerprint density at radius 1 is 1.44 bits per heavy atom. The van der Waals surface area contributed by atoms with Gasteiger partial charge in [-0.2, -0.15) is 0 Å². The summed E-state index contributed by atoms with van der Waals surface area (Å²) in [6.45, 7) is 3.79. The van der Waals surface area contributed by atoms with E-state index >= 15 is 0 Å². The molecule has 5 heteroatoms. The lowest BCUT2D eigenvalue weighted by Gasteiger charge is -2.18. The van der Waals surface area contributed by atoms with Gasteiger partial charge in [0.05, 0.1) is 11.5 Å². The minimum absolute atomic E-state index is 0.126. The molecule has 0 bridgehead atoms. The van der Waals surface area contributed by atoms with Crippen molar-refractivity contribution in [2.45, 2.75) is 6.92 Å². The minimum Gasteiger partial charge on any atom is -0.380 e. The molecule has 0 saturated carbocycles. The lowest BCUT2D eigenvalue weighted by atomic mass is 10.2. The number of nitro benzene ring substituents is 1. The number of hydrogen-bond acceptors (Lipinski definition) is 4. The van der Waals surface area contributed by atoms with Gasteiger partial charge < -0.3 is 9.64 Å². The van der Waals surface area contributed by atoms with Gasteiger partial charge in [-0.05, 0) is 13.0 Å². The maximum atomic E-state index is 10.8. The van der Waals surface area contributed by atoms with Gasteiger partial charge in [0.2, 0.25) is 0 Å². The molecule has 0 N–H and O–H groups in total. The van der Waals surface area contributed by atoms with Crippen molar-refractivity contribution in [3.05, 3.63) is 34.4 Å². The van der Waals surface area contributed by atoms with Crippen LogP contribution in [0, 0.1) is 10.1 Å². The van der Waals surface area contributed by atoms with Crippen LogP contribution in [0.3, 0.4) is 0 Å². The third-order valence-electron chi connectivity index (χ3n) is 2.26. The van der Waals surface area contributed by atoms with Crippen molar-refractivity contribution < 1.29 is 9.66 Å². The summed E-state index contributed by atoms with van der Waals surface area (Å²) in [6, 6.07) is 6.70. The molecular weight excluding hydrogens is 208 g/mol. The number of anilines is 1. The van der Waals surface area contributed by atoms with E-state index in [-0.39, 0.29) is 10.6 Å². The van der Waals surface area contributed by atoms with Gasteiger partial charge in [-0.1, -0.05) is 12.1 Å². The zero-order chi connectivity index (χ0) is 12.0. The molecule has 0 aliphatic rings. The number of ether oxygens (including phenoxy) is 1. The second-order valence-electron chi connectivity index (χ2n) is 3.36. The second-order valence-corrected chi connectivity index (χ2v) is 3.36. The number of nitrogens with zero attached hydrogens (tertiary/aromatic N) is 2. The number of rotatable bonds is 6. The maximum absolute atomic E-state index is 10.8. The van der Waals surface area contributed by atoms with Crippen LogP contribution in [-0.2, 0) is 4.74 Å². The number of nitro groups is 1. The average molecular weight is 224 g/mol. The first kappa shape index (κ1) is 12.4. The van der Waals surface area contributed by atoms with Gasteiger partial charge in [-0.15, -0.1) is 0 Å². The highest BCUT2D eigenvalue weighted by atomic mass is 16.6. The second kappa shape index (κ2) is 6.07.